The van der Waals surface area contributed by atoms with Crippen LogP contribution in [0.4, 0.5) is 11.4 Å². The Hall–Kier alpha value is -2.87. The summed E-state index contributed by atoms with van der Waals surface area (Å²) in [5.74, 6) is 0.878. The summed E-state index contributed by atoms with van der Waals surface area (Å²) in [6.07, 6.45) is 11.7. The Kier molecular flexibility index (Phi) is 7.05. The van der Waals surface area contributed by atoms with Gasteiger partial charge in [-0.15, -0.1) is 0 Å². The number of likely N-dealkylation sites (N-methyl/N-ethyl adjacent to an activating group) is 1. The zero-order chi connectivity index (χ0) is 26.2. The summed E-state index contributed by atoms with van der Waals surface area (Å²) in [6, 6.07) is 20.4. The summed E-state index contributed by atoms with van der Waals surface area (Å²) in [7, 11) is 2.24. The first-order valence-electron chi connectivity index (χ1n) is 14.4. The number of hydrogen-bond donors (Lipinski definition) is 0. The van der Waals surface area contributed by atoms with Crippen molar-refractivity contribution in [2.75, 3.05) is 11.9 Å². The molecule has 2 aliphatic heterocycles. The maximum atomic E-state index is 5.21. The van der Waals surface area contributed by atoms with Gasteiger partial charge in [0.2, 0.25) is 0 Å². The molecule has 1 atom stereocenters. The molecule has 3 aromatic carbocycles. The third-order valence-corrected chi connectivity index (χ3v) is 9.69. The number of aliphatic imine (C=N–C) groups is 1. The predicted octanol–water partition coefficient (Wildman–Crippen LogP) is 9.36. The van der Waals surface area contributed by atoms with Crippen LogP contribution in [0, 0.1) is 5.92 Å². The minimum Gasteiger partial charge on any atom is -0.362 e. The van der Waals surface area contributed by atoms with E-state index < -0.39 is 0 Å². The summed E-state index contributed by atoms with van der Waals surface area (Å²) < 4.78 is 0. The van der Waals surface area contributed by atoms with Gasteiger partial charge in [-0.1, -0.05) is 102 Å². The van der Waals surface area contributed by atoms with Crippen molar-refractivity contribution in [2.45, 2.75) is 90.0 Å². The minimum atomic E-state index is -0.152. The van der Waals surface area contributed by atoms with Gasteiger partial charge < -0.3 is 4.90 Å². The Balaban J connectivity index is 1.35. The highest BCUT2D eigenvalue weighted by molar-refractivity contribution is 5.99. The Morgan fingerprint density at radius 1 is 1.03 bits per heavy atom. The number of nitrogens with zero attached hydrogens (tertiary/aromatic N) is 2. The number of hydrogen-bond acceptors (Lipinski definition) is 2. The highest BCUT2D eigenvalue weighted by Crippen LogP contribution is 2.53. The molecule has 0 bridgehead atoms. The SMILES string of the molecule is C=C(CCCC(CC)CC)CCc1ccc2ccc3c(c2c1)N=CC1(C3)N(C)c2ccccc2C1(C)C. The average molecular weight is 493 g/mol. The van der Waals surface area contributed by atoms with E-state index in [1.807, 2.05) is 0 Å². The van der Waals surface area contributed by atoms with Gasteiger partial charge in [-0.2, -0.15) is 0 Å². The smallest absolute Gasteiger partial charge is 0.0884 e. The lowest BCUT2D eigenvalue weighted by Gasteiger charge is -2.45. The van der Waals surface area contributed by atoms with Crippen LogP contribution in [-0.2, 0) is 18.3 Å². The van der Waals surface area contributed by atoms with Gasteiger partial charge in [-0.05, 0) is 65.8 Å². The van der Waals surface area contributed by atoms with Crippen LogP contribution >= 0.6 is 0 Å². The fourth-order valence-corrected chi connectivity index (χ4v) is 6.89. The zero-order valence-corrected chi connectivity index (χ0v) is 23.6. The molecule has 2 heteroatoms. The Morgan fingerprint density at radius 3 is 2.54 bits per heavy atom. The first-order chi connectivity index (χ1) is 17.8. The molecule has 0 radical (unpaired) electrons. The van der Waals surface area contributed by atoms with Gasteiger partial charge in [0.15, 0.2) is 0 Å². The lowest BCUT2D eigenvalue weighted by molar-refractivity contribution is 0.360. The van der Waals surface area contributed by atoms with E-state index in [-0.39, 0.29) is 11.0 Å². The van der Waals surface area contributed by atoms with Crippen LogP contribution in [0.1, 0.15) is 82.9 Å². The van der Waals surface area contributed by atoms with Crippen molar-refractivity contribution in [1.29, 1.82) is 0 Å². The van der Waals surface area contributed by atoms with Gasteiger partial charge in [0.1, 0.15) is 0 Å². The highest BCUT2D eigenvalue weighted by Gasteiger charge is 2.55. The number of allylic oxidation sites excluding steroid dienone is 1. The van der Waals surface area contributed by atoms with Gasteiger partial charge in [-0.25, -0.2) is 0 Å². The number of aryl methyl sites for hydroxylation is 1. The number of anilines is 1. The average Bonchev–Trinajstić information content (AvgIpc) is 3.07. The molecule has 0 amide bonds. The summed E-state index contributed by atoms with van der Waals surface area (Å²) >= 11 is 0. The van der Waals surface area contributed by atoms with Crippen LogP contribution in [0.25, 0.3) is 10.8 Å². The van der Waals surface area contributed by atoms with Crippen molar-refractivity contribution in [3.8, 4) is 0 Å². The monoisotopic (exact) mass is 492 g/mol. The van der Waals surface area contributed by atoms with Crippen LogP contribution in [0.2, 0.25) is 0 Å². The van der Waals surface area contributed by atoms with E-state index in [0.29, 0.717) is 0 Å². The van der Waals surface area contributed by atoms with Gasteiger partial charge in [0.25, 0.3) is 0 Å². The Bertz CT molecular complexity index is 1330. The molecule has 2 heterocycles. The Labute approximate surface area is 224 Å². The molecule has 194 valence electrons. The largest absolute Gasteiger partial charge is 0.362 e. The first-order valence-corrected chi connectivity index (χ1v) is 14.4. The van der Waals surface area contributed by atoms with Gasteiger partial charge >= 0.3 is 0 Å². The summed E-state index contributed by atoms with van der Waals surface area (Å²) in [4.78, 5) is 7.67. The number of rotatable bonds is 9. The second-order valence-electron chi connectivity index (χ2n) is 12.0. The molecule has 37 heavy (non-hydrogen) atoms. The summed E-state index contributed by atoms with van der Waals surface area (Å²) in [5, 5.41) is 2.57. The molecule has 0 N–H and O–H groups in total. The molecule has 2 nitrogen and oxygen atoms in total. The van der Waals surface area contributed by atoms with E-state index in [1.165, 1.54) is 64.4 Å². The van der Waals surface area contributed by atoms with Crippen molar-refractivity contribution in [1.82, 2.24) is 0 Å². The fraction of sp³-hybridized carbons (Fsp3) is 0.457. The number of benzene rings is 3. The molecule has 2 aliphatic rings. The molecule has 0 aliphatic carbocycles. The molecular formula is C35H44N2. The molecule has 0 fully saturated rings. The first kappa shape index (κ1) is 25.8. The predicted molar refractivity (Wildman–Crippen MR) is 162 cm³/mol. The molecule has 1 unspecified atom stereocenters. The van der Waals surface area contributed by atoms with Gasteiger partial charge in [0.05, 0.1) is 11.2 Å². The second-order valence-corrected chi connectivity index (χ2v) is 12.0. The van der Waals surface area contributed by atoms with Crippen molar-refractivity contribution in [2.24, 2.45) is 10.9 Å². The van der Waals surface area contributed by atoms with Crippen LogP contribution in [0.3, 0.4) is 0 Å². The fourth-order valence-electron chi connectivity index (χ4n) is 6.89. The molecule has 5 rings (SSSR count). The van der Waals surface area contributed by atoms with E-state index in [4.69, 9.17) is 4.99 Å². The molecular weight excluding hydrogens is 448 g/mol. The lowest BCUT2D eigenvalue weighted by Crippen LogP contribution is -2.58. The van der Waals surface area contributed by atoms with E-state index in [2.05, 4.69) is 107 Å². The third kappa shape index (κ3) is 4.43. The second kappa shape index (κ2) is 10.1. The number of para-hydroxylation sites is 1. The van der Waals surface area contributed by atoms with Crippen LogP contribution in [0.15, 0.2) is 71.7 Å². The maximum absolute atomic E-state index is 5.21. The summed E-state index contributed by atoms with van der Waals surface area (Å²) in [5.41, 5.74) is 7.86. The molecule has 0 aromatic heterocycles. The third-order valence-electron chi connectivity index (χ3n) is 9.69. The lowest BCUT2D eigenvalue weighted by atomic mass is 9.67. The molecule has 0 saturated carbocycles. The zero-order valence-electron chi connectivity index (χ0n) is 23.6. The van der Waals surface area contributed by atoms with E-state index in [0.717, 1.165) is 37.3 Å². The summed E-state index contributed by atoms with van der Waals surface area (Å²) in [6.45, 7) is 13.8. The topological polar surface area (TPSA) is 15.6 Å². The standard InChI is InChI=1S/C35H44N2/c1-7-26(8-2)13-11-12-25(3)16-17-27-18-19-28-20-21-29-23-35(24-36-33(29)30(28)22-27)34(4,5)31-14-9-10-15-32(31)37(35)6/h9-10,14-15,18-22,24,26H,3,7-8,11-13,16-17,23H2,1-2,4-6H3. The van der Waals surface area contributed by atoms with Gasteiger partial charge in [0, 0.05) is 36.2 Å². The highest BCUT2D eigenvalue weighted by atomic mass is 15.2. The quantitative estimate of drug-likeness (QED) is 0.272. The molecule has 1 spiro atoms. The van der Waals surface area contributed by atoms with Crippen molar-refractivity contribution < 1.29 is 0 Å². The minimum absolute atomic E-state index is 0.0228. The van der Waals surface area contributed by atoms with Crippen LogP contribution in [0.5, 0.6) is 0 Å². The van der Waals surface area contributed by atoms with E-state index in [9.17, 15) is 0 Å². The Morgan fingerprint density at radius 2 is 1.78 bits per heavy atom. The molecule has 3 aromatic rings. The van der Waals surface area contributed by atoms with E-state index in [1.54, 1.807) is 0 Å². The van der Waals surface area contributed by atoms with Crippen LogP contribution < -0.4 is 4.90 Å². The normalized spacial score (nSPS) is 19.6. The number of fused-ring (bicyclic) bond motifs is 4. The van der Waals surface area contributed by atoms with E-state index >= 15 is 0 Å². The van der Waals surface area contributed by atoms with Crippen molar-refractivity contribution in [3.63, 3.8) is 0 Å². The van der Waals surface area contributed by atoms with Crippen molar-refractivity contribution in [3.05, 3.63) is 83.4 Å². The maximum Gasteiger partial charge on any atom is 0.0884 e. The van der Waals surface area contributed by atoms with Crippen molar-refractivity contribution >= 4 is 28.4 Å². The molecule has 0 saturated heterocycles. The van der Waals surface area contributed by atoms with Crippen LogP contribution in [-0.4, -0.2) is 18.8 Å². The van der Waals surface area contributed by atoms with Gasteiger partial charge in [-0.3, -0.25) is 4.99 Å².